The van der Waals surface area contributed by atoms with E-state index >= 15 is 0 Å². The standard InChI is InChI=1S/C18H25N3O/c1-17(2)7-13-8-18(3,10-17)11-21(13)16-9-22-15-5-4-12(19)6-14(15)20-16/h4-6,13H,7-11,19H2,1-3H3. The van der Waals surface area contributed by atoms with Crippen molar-refractivity contribution in [2.24, 2.45) is 15.8 Å². The van der Waals surface area contributed by atoms with Gasteiger partial charge in [0, 0.05) is 18.3 Å². The molecule has 1 aliphatic carbocycles. The van der Waals surface area contributed by atoms with Gasteiger partial charge in [-0.2, -0.15) is 0 Å². The van der Waals surface area contributed by atoms with Gasteiger partial charge in [0.1, 0.15) is 23.9 Å². The molecule has 0 spiro atoms. The molecular formula is C18H25N3O. The number of aliphatic imine (C=N–C) groups is 1. The Balaban J connectivity index is 1.66. The average Bonchev–Trinajstić information content (AvgIpc) is 2.67. The predicted molar refractivity (Wildman–Crippen MR) is 89.7 cm³/mol. The summed E-state index contributed by atoms with van der Waals surface area (Å²) in [6, 6.07) is 6.28. The molecule has 118 valence electrons. The van der Waals surface area contributed by atoms with Crippen molar-refractivity contribution >= 4 is 17.2 Å². The Bertz CT molecular complexity index is 652. The minimum Gasteiger partial charge on any atom is -0.483 e. The Morgan fingerprint density at radius 2 is 2.09 bits per heavy atom. The topological polar surface area (TPSA) is 50.8 Å². The fraction of sp³-hybridized carbons (Fsp3) is 0.611. The molecule has 1 aromatic rings. The number of fused-ring (bicyclic) bond motifs is 3. The van der Waals surface area contributed by atoms with Gasteiger partial charge in [-0.05, 0) is 48.3 Å². The number of rotatable bonds is 0. The number of nitrogen functional groups attached to an aromatic ring is 1. The van der Waals surface area contributed by atoms with Gasteiger partial charge in [0.2, 0.25) is 0 Å². The molecule has 0 amide bonds. The van der Waals surface area contributed by atoms with Crippen LogP contribution in [0.5, 0.6) is 5.75 Å². The summed E-state index contributed by atoms with van der Waals surface area (Å²) in [6.07, 6.45) is 3.81. The molecular weight excluding hydrogens is 274 g/mol. The smallest absolute Gasteiger partial charge is 0.146 e. The van der Waals surface area contributed by atoms with Crippen LogP contribution in [-0.2, 0) is 0 Å². The Hall–Kier alpha value is -1.71. The van der Waals surface area contributed by atoms with E-state index < -0.39 is 0 Å². The van der Waals surface area contributed by atoms with Gasteiger partial charge >= 0.3 is 0 Å². The number of likely N-dealkylation sites (tertiary alicyclic amines) is 1. The van der Waals surface area contributed by atoms with Gasteiger partial charge in [-0.1, -0.05) is 20.8 Å². The molecule has 22 heavy (non-hydrogen) atoms. The van der Waals surface area contributed by atoms with E-state index in [9.17, 15) is 0 Å². The Morgan fingerprint density at radius 3 is 2.91 bits per heavy atom. The van der Waals surface area contributed by atoms with Crippen LogP contribution in [-0.4, -0.2) is 29.9 Å². The fourth-order valence-electron chi connectivity index (χ4n) is 4.97. The maximum Gasteiger partial charge on any atom is 0.146 e. The second-order valence-corrected chi connectivity index (χ2v) is 8.39. The summed E-state index contributed by atoms with van der Waals surface area (Å²) >= 11 is 0. The van der Waals surface area contributed by atoms with Gasteiger partial charge in [0.15, 0.2) is 0 Å². The molecule has 2 heterocycles. The first-order valence-corrected chi connectivity index (χ1v) is 8.20. The van der Waals surface area contributed by atoms with Crippen molar-refractivity contribution in [1.82, 2.24) is 4.90 Å². The van der Waals surface area contributed by atoms with Crippen LogP contribution in [0.1, 0.15) is 40.0 Å². The second kappa shape index (κ2) is 4.40. The van der Waals surface area contributed by atoms with Crippen molar-refractivity contribution in [2.45, 2.75) is 46.1 Å². The minimum atomic E-state index is 0.408. The monoisotopic (exact) mass is 299 g/mol. The molecule has 0 radical (unpaired) electrons. The molecule has 4 nitrogen and oxygen atoms in total. The van der Waals surface area contributed by atoms with Gasteiger partial charge in [0.25, 0.3) is 0 Å². The van der Waals surface area contributed by atoms with Crippen LogP contribution < -0.4 is 10.5 Å². The van der Waals surface area contributed by atoms with Gasteiger partial charge in [-0.3, -0.25) is 0 Å². The van der Waals surface area contributed by atoms with E-state index in [0.29, 0.717) is 23.5 Å². The van der Waals surface area contributed by atoms with E-state index in [-0.39, 0.29) is 0 Å². The molecule has 3 aliphatic rings. The van der Waals surface area contributed by atoms with Crippen LogP contribution >= 0.6 is 0 Å². The summed E-state index contributed by atoms with van der Waals surface area (Å²) < 4.78 is 5.91. The molecule has 4 heteroatoms. The highest BCUT2D eigenvalue weighted by atomic mass is 16.5. The van der Waals surface area contributed by atoms with Crippen LogP contribution in [0.15, 0.2) is 23.2 Å². The van der Waals surface area contributed by atoms with E-state index in [2.05, 4.69) is 25.7 Å². The molecule has 2 atom stereocenters. The molecule has 1 saturated heterocycles. The number of hydrogen-bond donors (Lipinski definition) is 1. The highest BCUT2D eigenvalue weighted by molar-refractivity contribution is 5.89. The predicted octanol–water partition coefficient (Wildman–Crippen LogP) is 3.59. The number of hydrogen-bond acceptors (Lipinski definition) is 4. The zero-order valence-electron chi connectivity index (χ0n) is 13.7. The number of nitrogens with two attached hydrogens (primary N) is 1. The summed E-state index contributed by atoms with van der Waals surface area (Å²) in [5.74, 6) is 1.91. The average molecular weight is 299 g/mol. The van der Waals surface area contributed by atoms with Crippen molar-refractivity contribution < 1.29 is 4.74 Å². The normalized spacial score (nSPS) is 32.2. The Kier molecular flexibility index (Phi) is 2.78. The van der Waals surface area contributed by atoms with Crippen LogP contribution in [0.3, 0.4) is 0 Å². The first-order chi connectivity index (χ1) is 10.3. The Labute approximate surface area is 132 Å². The third kappa shape index (κ3) is 2.25. The van der Waals surface area contributed by atoms with Crippen LogP contribution in [0, 0.1) is 10.8 Å². The van der Waals surface area contributed by atoms with E-state index in [0.717, 1.165) is 29.5 Å². The molecule has 2 bridgehead atoms. The first-order valence-electron chi connectivity index (χ1n) is 8.20. The third-order valence-electron chi connectivity index (χ3n) is 5.34. The molecule has 4 rings (SSSR count). The number of ether oxygens (including phenoxy) is 1. The zero-order valence-corrected chi connectivity index (χ0v) is 13.7. The van der Waals surface area contributed by atoms with Crippen LogP contribution in [0.25, 0.3) is 0 Å². The molecule has 2 fully saturated rings. The van der Waals surface area contributed by atoms with Gasteiger partial charge in [-0.25, -0.2) is 4.99 Å². The fourth-order valence-corrected chi connectivity index (χ4v) is 4.97. The van der Waals surface area contributed by atoms with E-state index in [1.165, 1.54) is 19.3 Å². The lowest BCUT2D eigenvalue weighted by Gasteiger charge is -2.39. The quantitative estimate of drug-likeness (QED) is 0.745. The van der Waals surface area contributed by atoms with Gasteiger partial charge < -0.3 is 15.4 Å². The van der Waals surface area contributed by atoms with E-state index in [1.54, 1.807) is 0 Å². The van der Waals surface area contributed by atoms with Crippen molar-refractivity contribution in [2.75, 3.05) is 18.9 Å². The summed E-state index contributed by atoms with van der Waals surface area (Å²) in [6.45, 7) is 8.90. The molecule has 2 N–H and O–H groups in total. The first kappa shape index (κ1) is 13.9. The third-order valence-corrected chi connectivity index (χ3v) is 5.34. The lowest BCUT2D eigenvalue weighted by atomic mass is 9.65. The zero-order chi connectivity index (χ0) is 15.5. The summed E-state index contributed by atoms with van der Waals surface area (Å²) in [5.41, 5.74) is 8.32. The SMILES string of the molecule is CC1(C)CC2CC(C)(CN2C2=Nc3cc(N)ccc3OC2)C1. The van der Waals surface area contributed by atoms with Crippen LogP contribution in [0.4, 0.5) is 11.4 Å². The molecule has 1 saturated carbocycles. The molecule has 0 aromatic heterocycles. The van der Waals surface area contributed by atoms with E-state index in [4.69, 9.17) is 15.5 Å². The lowest BCUT2D eigenvalue weighted by Crippen LogP contribution is -2.40. The van der Waals surface area contributed by atoms with Crippen molar-refractivity contribution in [3.05, 3.63) is 18.2 Å². The Morgan fingerprint density at radius 1 is 1.27 bits per heavy atom. The molecule has 2 unspecified atom stereocenters. The largest absolute Gasteiger partial charge is 0.483 e. The van der Waals surface area contributed by atoms with E-state index in [1.807, 2.05) is 18.2 Å². The van der Waals surface area contributed by atoms with Gasteiger partial charge in [0.05, 0.1) is 0 Å². The summed E-state index contributed by atoms with van der Waals surface area (Å²) in [4.78, 5) is 7.37. The molecule has 2 aliphatic heterocycles. The second-order valence-electron chi connectivity index (χ2n) is 8.39. The highest BCUT2D eigenvalue weighted by Crippen LogP contribution is 2.52. The maximum atomic E-state index is 5.91. The maximum absolute atomic E-state index is 5.91. The number of anilines is 1. The number of amidine groups is 1. The molecule has 1 aromatic carbocycles. The van der Waals surface area contributed by atoms with Crippen LogP contribution in [0.2, 0.25) is 0 Å². The summed E-state index contributed by atoms with van der Waals surface area (Å²) in [5, 5.41) is 0. The number of nitrogens with zero attached hydrogens (tertiary/aromatic N) is 2. The van der Waals surface area contributed by atoms with Crippen molar-refractivity contribution in [1.29, 1.82) is 0 Å². The number of benzene rings is 1. The lowest BCUT2D eigenvalue weighted by molar-refractivity contribution is 0.132. The van der Waals surface area contributed by atoms with Crippen molar-refractivity contribution in [3.8, 4) is 5.75 Å². The summed E-state index contributed by atoms with van der Waals surface area (Å²) in [7, 11) is 0. The highest BCUT2D eigenvalue weighted by Gasteiger charge is 2.50. The minimum absolute atomic E-state index is 0.408. The van der Waals surface area contributed by atoms with Crippen molar-refractivity contribution in [3.63, 3.8) is 0 Å². The van der Waals surface area contributed by atoms with Gasteiger partial charge in [-0.15, -0.1) is 0 Å².